The highest BCUT2D eigenvalue weighted by Crippen LogP contribution is 2.13. The van der Waals surface area contributed by atoms with Gasteiger partial charge in [0, 0.05) is 17.5 Å². The van der Waals surface area contributed by atoms with Crippen LogP contribution in [0.5, 0.6) is 0 Å². The van der Waals surface area contributed by atoms with E-state index in [0.717, 1.165) is 35.3 Å². The predicted octanol–water partition coefficient (Wildman–Crippen LogP) is 4.42. The molecule has 0 heterocycles. The molecule has 0 N–H and O–H groups in total. The summed E-state index contributed by atoms with van der Waals surface area (Å²) in [4.78, 5) is 15.9. The van der Waals surface area contributed by atoms with Crippen LogP contribution < -0.4 is 0 Å². The first kappa shape index (κ1) is 17.7. The SMILES string of the molecule is C=C(CCCC(=O)OC)CN=C(c1ccccc1)c1ccccc1. The molecule has 0 aliphatic rings. The molecular formula is C21H23NO2. The number of aliphatic imine (C=N–C) groups is 1. The van der Waals surface area contributed by atoms with E-state index in [2.05, 4.69) is 35.6 Å². The van der Waals surface area contributed by atoms with E-state index in [9.17, 15) is 4.79 Å². The first-order chi connectivity index (χ1) is 11.7. The number of hydrogen-bond acceptors (Lipinski definition) is 3. The third-order valence-electron chi connectivity index (χ3n) is 3.69. The number of methoxy groups -OCH3 is 1. The lowest BCUT2D eigenvalue weighted by Crippen LogP contribution is -2.05. The van der Waals surface area contributed by atoms with E-state index in [-0.39, 0.29) is 5.97 Å². The van der Waals surface area contributed by atoms with Gasteiger partial charge in [-0.2, -0.15) is 0 Å². The Morgan fingerprint density at radius 3 is 2.00 bits per heavy atom. The van der Waals surface area contributed by atoms with Crippen molar-refractivity contribution in [3.05, 3.63) is 83.9 Å². The van der Waals surface area contributed by atoms with E-state index in [1.54, 1.807) is 0 Å². The lowest BCUT2D eigenvalue weighted by molar-refractivity contribution is -0.140. The molecule has 0 amide bonds. The van der Waals surface area contributed by atoms with Crippen LogP contribution >= 0.6 is 0 Å². The second-order valence-electron chi connectivity index (χ2n) is 5.58. The number of nitrogens with zero attached hydrogens (tertiary/aromatic N) is 1. The number of ether oxygens (including phenoxy) is 1. The smallest absolute Gasteiger partial charge is 0.305 e. The predicted molar refractivity (Wildman–Crippen MR) is 98.4 cm³/mol. The summed E-state index contributed by atoms with van der Waals surface area (Å²) < 4.78 is 4.65. The fourth-order valence-corrected chi connectivity index (χ4v) is 2.40. The zero-order valence-electron chi connectivity index (χ0n) is 14.1. The summed E-state index contributed by atoms with van der Waals surface area (Å²) >= 11 is 0. The Morgan fingerprint density at radius 2 is 1.50 bits per heavy atom. The topological polar surface area (TPSA) is 38.7 Å². The van der Waals surface area contributed by atoms with Crippen LogP contribution in [0, 0.1) is 0 Å². The van der Waals surface area contributed by atoms with Crippen LogP contribution in [0.4, 0.5) is 0 Å². The van der Waals surface area contributed by atoms with Crippen molar-refractivity contribution in [3.8, 4) is 0 Å². The molecule has 0 spiro atoms. The molecule has 124 valence electrons. The summed E-state index contributed by atoms with van der Waals surface area (Å²) in [5.74, 6) is -0.180. The molecule has 0 aliphatic heterocycles. The summed E-state index contributed by atoms with van der Waals surface area (Å²) in [7, 11) is 1.41. The standard InChI is InChI=1S/C21H23NO2/c1-17(10-9-15-20(23)24-2)16-22-21(18-11-5-3-6-12-18)19-13-7-4-8-14-19/h3-8,11-14H,1,9-10,15-16H2,2H3. The Kier molecular flexibility index (Phi) is 6.96. The van der Waals surface area contributed by atoms with E-state index in [4.69, 9.17) is 4.99 Å². The Morgan fingerprint density at radius 1 is 0.958 bits per heavy atom. The Balaban J connectivity index is 2.06. The minimum Gasteiger partial charge on any atom is -0.469 e. The van der Waals surface area contributed by atoms with E-state index < -0.39 is 0 Å². The second-order valence-corrected chi connectivity index (χ2v) is 5.58. The number of carbonyl (C=O) groups is 1. The number of carbonyl (C=O) groups excluding carboxylic acids is 1. The van der Waals surface area contributed by atoms with Crippen molar-refractivity contribution in [2.75, 3.05) is 13.7 Å². The number of benzene rings is 2. The highest BCUT2D eigenvalue weighted by atomic mass is 16.5. The molecule has 0 aromatic heterocycles. The maximum atomic E-state index is 11.1. The highest BCUT2D eigenvalue weighted by Gasteiger charge is 2.06. The molecule has 3 nitrogen and oxygen atoms in total. The van der Waals surface area contributed by atoms with Gasteiger partial charge in [0.1, 0.15) is 0 Å². The van der Waals surface area contributed by atoms with E-state index in [1.807, 2.05) is 36.4 Å². The Labute approximate surface area is 143 Å². The second kappa shape index (κ2) is 9.46. The molecule has 0 unspecified atom stereocenters. The van der Waals surface area contributed by atoms with E-state index in [0.29, 0.717) is 13.0 Å². The van der Waals surface area contributed by atoms with Crippen molar-refractivity contribution in [3.63, 3.8) is 0 Å². The third-order valence-corrected chi connectivity index (χ3v) is 3.69. The molecule has 24 heavy (non-hydrogen) atoms. The van der Waals surface area contributed by atoms with Crippen molar-refractivity contribution >= 4 is 11.7 Å². The van der Waals surface area contributed by atoms with Gasteiger partial charge >= 0.3 is 5.97 Å². The monoisotopic (exact) mass is 321 g/mol. The van der Waals surface area contributed by atoms with Gasteiger partial charge < -0.3 is 4.74 Å². The average molecular weight is 321 g/mol. The molecule has 0 aliphatic carbocycles. The maximum absolute atomic E-state index is 11.1. The summed E-state index contributed by atoms with van der Waals surface area (Å²) in [6, 6.07) is 20.3. The van der Waals surface area contributed by atoms with Crippen molar-refractivity contribution in [2.45, 2.75) is 19.3 Å². The Hall–Kier alpha value is -2.68. The van der Waals surface area contributed by atoms with Gasteiger partial charge in [0.15, 0.2) is 0 Å². The van der Waals surface area contributed by atoms with Crippen molar-refractivity contribution in [2.24, 2.45) is 4.99 Å². The number of rotatable bonds is 8. The van der Waals surface area contributed by atoms with Crippen LogP contribution in [0.1, 0.15) is 30.4 Å². The van der Waals surface area contributed by atoms with Gasteiger partial charge in [0.05, 0.1) is 19.4 Å². The van der Waals surface area contributed by atoms with Gasteiger partial charge in [-0.1, -0.05) is 72.8 Å². The molecule has 2 aromatic carbocycles. The summed E-state index contributed by atoms with van der Waals surface area (Å²) in [5.41, 5.74) is 4.16. The molecule has 0 fully saturated rings. The average Bonchev–Trinajstić information content (AvgIpc) is 2.63. The van der Waals surface area contributed by atoms with Gasteiger partial charge in [0.25, 0.3) is 0 Å². The van der Waals surface area contributed by atoms with Crippen molar-refractivity contribution in [1.29, 1.82) is 0 Å². The maximum Gasteiger partial charge on any atom is 0.305 e. The lowest BCUT2D eigenvalue weighted by atomic mass is 10.0. The molecule has 0 bridgehead atoms. The molecule has 3 heteroatoms. The van der Waals surface area contributed by atoms with Crippen LogP contribution in [-0.2, 0) is 9.53 Å². The van der Waals surface area contributed by atoms with E-state index in [1.165, 1.54) is 7.11 Å². The van der Waals surface area contributed by atoms with Crippen LogP contribution in [0.15, 0.2) is 77.8 Å². The Bertz CT molecular complexity index is 649. The van der Waals surface area contributed by atoms with Crippen LogP contribution in [0.25, 0.3) is 0 Å². The van der Waals surface area contributed by atoms with Gasteiger partial charge in [-0.05, 0) is 12.8 Å². The van der Waals surface area contributed by atoms with E-state index >= 15 is 0 Å². The molecule has 2 rings (SSSR count). The number of esters is 1. The zero-order chi connectivity index (χ0) is 17.2. The molecule has 0 radical (unpaired) electrons. The fourth-order valence-electron chi connectivity index (χ4n) is 2.40. The minimum absolute atomic E-state index is 0.180. The highest BCUT2D eigenvalue weighted by molar-refractivity contribution is 6.12. The zero-order valence-corrected chi connectivity index (χ0v) is 14.1. The first-order valence-electron chi connectivity index (χ1n) is 8.09. The normalized spacial score (nSPS) is 10.0. The molecule has 0 saturated heterocycles. The van der Waals surface area contributed by atoms with Gasteiger partial charge in [-0.15, -0.1) is 0 Å². The van der Waals surface area contributed by atoms with Crippen LogP contribution in [0.3, 0.4) is 0 Å². The van der Waals surface area contributed by atoms with Gasteiger partial charge in [-0.3, -0.25) is 9.79 Å². The molecule has 0 atom stereocenters. The van der Waals surface area contributed by atoms with Crippen molar-refractivity contribution in [1.82, 2.24) is 0 Å². The fraction of sp³-hybridized carbons (Fsp3) is 0.238. The minimum atomic E-state index is -0.180. The molecule has 0 saturated carbocycles. The van der Waals surface area contributed by atoms with Crippen LogP contribution in [0.2, 0.25) is 0 Å². The lowest BCUT2D eigenvalue weighted by Gasteiger charge is -2.09. The summed E-state index contributed by atoms with van der Waals surface area (Å²) in [6.45, 7) is 4.63. The summed E-state index contributed by atoms with van der Waals surface area (Å²) in [5, 5.41) is 0. The van der Waals surface area contributed by atoms with Crippen molar-refractivity contribution < 1.29 is 9.53 Å². The number of hydrogen-bond donors (Lipinski definition) is 0. The first-order valence-corrected chi connectivity index (χ1v) is 8.09. The summed E-state index contributed by atoms with van der Waals surface area (Å²) in [6.07, 6.45) is 1.94. The van der Waals surface area contributed by atoms with Crippen LogP contribution in [-0.4, -0.2) is 25.3 Å². The van der Waals surface area contributed by atoms with Gasteiger partial charge in [0.2, 0.25) is 0 Å². The third kappa shape index (κ3) is 5.51. The largest absolute Gasteiger partial charge is 0.469 e. The quantitative estimate of drug-likeness (QED) is 0.410. The molecule has 2 aromatic rings. The molecular weight excluding hydrogens is 298 g/mol. The van der Waals surface area contributed by atoms with Gasteiger partial charge in [-0.25, -0.2) is 0 Å².